The van der Waals surface area contributed by atoms with Gasteiger partial charge in [0.1, 0.15) is 0 Å². The van der Waals surface area contributed by atoms with Crippen LogP contribution in [0.2, 0.25) is 0 Å². The SMILES string of the molecule is CN1C2CCCC1CC(Nc1nccn1C)C2. The molecular weight excluding hydrogens is 212 g/mol. The average Bonchev–Trinajstić information content (AvgIpc) is 2.66. The van der Waals surface area contributed by atoms with Crippen molar-refractivity contribution >= 4 is 5.95 Å². The van der Waals surface area contributed by atoms with Gasteiger partial charge in [-0.15, -0.1) is 0 Å². The zero-order valence-corrected chi connectivity index (χ0v) is 10.8. The predicted octanol–water partition coefficient (Wildman–Crippen LogP) is 1.85. The van der Waals surface area contributed by atoms with E-state index >= 15 is 0 Å². The number of anilines is 1. The lowest BCUT2D eigenvalue weighted by Gasteiger charge is -2.47. The molecule has 2 fully saturated rings. The number of nitrogens with zero attached hydrogens (tertiary/aromatic N) is 3. The maximum Gasteiger partial charge on any atom is 0.202 e. The van der Waals surface area contributed by atoms with Crippen molar-refractivity contribution in [3.05, 3.63) is 12.4 Å². The fourth-order valence-electron chi connectivity index (χ4n) is 3.42. The highest BCUT2D eigenvalue weighted by Crippen LogP contribution is 2.33. The first kappa shape index (κ1) is 11.1. The Hall–Kier alpha value is -1.03. The van der Waals surface area contributed by atoms with Crippen LogP contribution in [0.15, 0.2) is 12.4 Å². The fourth-order valence-corrected chi connectivity index (χ4v) is 3.42. The highest BCUT2D eigenvalue weighted by Gasteiger charge is 2.36. The smallest absolute Gasteiger partial charge is 0.202 e. The Morgan fingerprint density at radius 1 is 1.24 bits per heavy atom. The van der Waals surface area contributed by atoms with Crippen LogP contribution in [-0.4, -0.2) is 39.6 Å². The summed E-state index contributed by atoms with van der Waals surface area (Å²) in [7, 11) is 4.34. The van der Waals surface area contributed by atoms with Crippen molar-refractivity contribution in [3.8, 4) is 0 Å². The van der Waals surface area contributed by atoms with Gasteiger partial charge in [-0.3, -0.25) is 0 Å². The topological polar surface area (TPSA) is 33.1 Å². The van der Waals surface area contributed by atoms with Gasteiger partial charge in [-0.25, -0.2) is 4.98 Å². The first-order valence-electron chi connectivity index (χ1n) is 6.70. The van der Waals surface area contributed by atoms with E-state index in [-0.39, 0.29) is 0 Å². The Bertz CT molecular complexity index is 373. The minimum absolute atomic E-state index is 0.600. The molecule has 1 aromatic rings. The summed E-state index contributed by atoms with van der Waals surface area (Å²) in [5.41, 5.74) is 0. The van der Waals surface area contributed by atoms with Crippen LogP contribution >= 0.6 is 0 Å². The maximum absolute atomic E-state index is 4.36. The molecule has 4 nitrogen and oxygen atoms in total. The summed E-state index contributed by atoms with van der Waals surface area (Å²) in [6, 6.07) is 2.16. The van der Waals surface area contributed by atoms with Gasteiger partial charge in [0.25, 0.3) is 0 Å². The van der Waals surface area contributed by atoms with Crippen molar-refractivity contribution in [2.75, 3.05) is 12.4 Å². The van der Waals surface area contributed by atoms with Crippen LogP contribution in [0.5, 0.6) is 0 Å². The highest BCUT2D eigenvalue weighted by molar-refractivity contribution is 5.27. The molecule has 3 rings (SSSR count). The van der Waals surface area contributed by atoms with Crippen molar-refractivity contribution in [2.24, 2.45) is 7.05 Å². The Morgan fingerprint density at radius 3 is 2.53 bits per heavy atom. The van der Waals surface area contributed by atoms with E-state index in [1.807, 2.05) is 19.4 Å². The van der Waals surface area contributed by atoms with Crippen LogP contribution in [-0.2, 0) is 7.05 Å². The largest absolute Gasteiger partial charge is 0.353 e. The van der Waals surface area contributed by atoms with E-state index in [1.54, 1.807) is 0 Å². The molecular formula is C13H22N4. The first-order valence-corrected chi connectivity index (χ1v) is 6.70. The molecule has 0 radical (unpaired) electrons. The Labute approximate surface area is 103 Å². The summed E-state index contributed by atoms with van der Waals surface area (Å²) < 4.78 is 2.06. The summed E-state index contributed by atoms with van der Waals surface area (Å²) in [6.07, 6.45) is 10.5. The molecule has 1 aromatic heterocycles. The molecule has 0 saturated carbocycles. The predicted molar refractivity (Wildman–Crippen MR) is 69.0 cm³/mol. The van der Waals surface area contributed by atoms with E-state index < -0.39 is 0 Å². The Kier molecular flexibility index (Phi) is 2.82. The molecule has 94 valence electrons. The normalized spacial score (nSPS) is 33.6. The van der Waals surface area contributed by atoms with E-state index in [4.69, 9.17) is 0 Å². The summed E-state index contributed by atoms with van der Waals surface area (Å²) in [6.45, 7) is 0. The molecule has 1 N–H and O–H groups in total. The van der Waals surface area contributed by atoms with Crippen molar-refractivity contribution in [3.63, 3.8) is 0 Å². The number of hydrogen-bond donors (Lipinski definition) is 1. The lowest BCUT2D eigenvalue weighted by molar-refractivity contribution is 0.0606. The van der Waals surface area contributed by atoms with Crippen molar-refractivity contribution in [1.29, 1.82) is 0 Å². The molecule has 2 atom stereocenters. The number of fused-ring (bicyclic) bond motifs is 2. The van der Waals surface area contributed by atoms with Crippen LogP contribution in [0.4, 0.5) is 5.95 Å². The molecule has 2 aliphatic heterocycles. The molecule has 2 bridgehead atoms. The zero-order chi connectivity index (χ0) is 11.8. The number of piperidine rings is 2. The van der Waals surface area contributed by atoms with Gasteiger partial charge >= 0.3 is 0 Å². The third-order valence-corrected chi connectivity index (χ3v) is 4.49. The van der Waals surface area contributed by atoms with E-state index in [9.17, 15) is 0 Å². The number of nitrogens with one attached hydrogen (secondary N) is 1. The van der Waals surface area contributed by atoms with Crippen LogP contribution in [0.3, 0.4) is 0 Å². The van der Waals surface area contributed by atoms with Gasteiger partial charge in [0.15, 0.2) is 0 Å². The monoisotopic (exact) mass is 234 g/mol. The molecule has 0 aromatic carbocycles. The summed E-state index contributed by atoms with van der Waals surface area (Å²) in [5.74, 6) is 1.01. The van der Waals surface area contributed by atoms with Gasteiger partial charge < -0.3 is 14.8 Å². The van der Waals surface area contributed by atoms with Crippen LogP contribution in [0.25, 0.3) is 0 Å². The van der Waals surface area contributed by atoms with Gasteiger partial charge in [-0.2, -0.15) is 0 Å². The van der Waals surface area contributed by atoms with E-state index in [1.165, 1.54) is 32.1 Å². The van der Waals surface area contributed by atoms with Gasteiger partial charge in [0, 0.05) is 37.6 Å². The summed E-state index contributed by atoms with van der Waals surface area (Å²) >= 11 is 0. The molecule has 0 aliphatic carbocycles. The molecule has 0 spiro atoms. The number of hydrogen-bond acceptors (Lipinski definition) is 3. The Morgan fingerprint density at radius 2 is 1.94 bits per heavy atom. The first-order chi connectivity index (χ1) is 8.24. The lowest BCUT2D eigenvalue weighted by atomic mass is 9.82. The number of imidazole rings is 1. The molecule has 2 aliphatic rings. The Balaban J connectivity index is 1.68. The minimum atomic E-state index is 0.600. The molecule has 2 saturated heterocycles. The molecule has 4 heteroatoms. The third-order valence-electron chi connectivity index (χ3n) is 4.49. The molecule has 17 heavy (non-hydrogen) atoms. The van der Waals surface area contributed by atoms with Gasteiger partial charge in [-0.05, 0) is 32.7 Å². The van der Waals surface area contributed by atoms with Gasteiger partial charge in [0.2, 0.25) is 5.95 Å². The second-order valence-corrected chi connectivity index (χ2v) is 5.58. The highest BCUT2D eigenvalue weighted by atomic mass is 15.2. The van der Waals surface area contributed by atoms with Gasteiger partial charge in [0.05, 0.1) is 0 Å². The standard InChI is InChI=1S/C13H22N4/c1-16-7-6-14-13(16)15-10-8-11-4-3-5-12(9-10)17(11)2/h6-7,10-12H,3-5,8-9H2,1-2H3,(H,14,15). The maximum atomic E-state index is 4.36. The van der Waals surface area contributed by atoms with Crippen LogP contribution < -0.4 is 5.32 Å². The number of rotatable bonds is 2. The van der Waals surface area contributed by atoms with Crippen molar-refractivity contribution in [1.82, 2.24) is 14.5 Å². The molecule has 3 heterocycles. The van der Waals surface area contributed by atoms with E-state index in [2.05, 4.69) is 26.8 Å². The second-order valence-electron chi connectivity index (χ2n) is 5.58. The van der Waals surface area contributed by atoms with E-state index in [0.29, 0.717) is 6.04 Å². The summed E-state index contributed by atoms with van der Waals surface area (Å²) in [4.78, 5) is 6.96. The van der Waals surface area contributed by atoms with Crippen LogP contribution in [0.1, 0.15) is 32.1 Å². The molecule has 0 amide bonds. The second kappa shape index (κ2) is 4.33. The molecule has 2 unspecified atom stereocenters. The van der Waals surface area contributed by atoms with Crippen LogP contribution in [0, 0.1) is 0 Å². The van der Waals surface area contributed by atoms with E-state index in [0.717, 1.165) is 18.0 Å². The van der Waals surface area contributed by atoms with Gasteiger partial charge in [-0.1, -0.05) is 6.42 Å². The quantitative estimate of drug-likeness (QED) is 0.847. The number of aromatic nitrogens is 2. The fraction of sp³-hybridized carbons (Fsp3) is 0.769. The third kappa shape index (κ3) is 2.06. The van der Waals surface area contributed by atoms with Crippen molar-refractivity contribution in [2.45, 2.75) is 50.2 Å². The average molecular weight is 234 g/mol. The number of aryl methyl sites for hydroxylation is 1. The lowest BCUT2D eigenvalue weighted by Crippen LogP contribution is -2.52. The van der Waals surface area contributed by atoms with Crippen molar-refractivity contribution < 1.29 is 0 Å². The minimum Gasteiger partial charge on any atom is -0.353 e. The zero-order valence-electron chi connectivity index (χ0n) is 10.8. The summed E-state index contributed by atoms with van der Waals surface area (Å²) in [5, 5.41) is 3.60.